The first-order valence-corrected chi connectivity index (χ1v) is 22.4. The fourth-order valence-corrected chi connectivity index (χ4v) is 8.25. The van der Waals surface area contributed by atoms with Crippen LogP contribution in [0.1, 0.15) is 71.6 Å². The summed E-state index contributed by atoms with van der Waals surface area (Å²) in [7, 11) is 0. The number of hydrogen-bond donors (Lipinski definition) is 2. The zero-order valence-electron chi connectivity index (χ0n) is 38.7. The summed E-state index contributed by atoms with van der Waals surface area (Å²) < 4.78 is 108. The van der Waals surface area contributed by atoms with Gasteiger partial charge in [0.15, 0.2) is 23.2 Å². The van der Waals surface area contributed by atoms with Crippen LogP contribution in [0, 0.1) is 37.3 Å². The van der Waals surface area contributed by atoms with Crippen LogP contribution in [-0.2, 0) is 0 Å². The van der Waals surface area contributed by atoms with Gasteiger partial charge < -0.3 is 20.3 Å². The number of ether oxygens (including phenoxy) is 1. The van der Waals surface area contributed by atoms with Crippen LogP contribution in [0.3, 0.4) is 0 Å². The number of nitrogen functional groups attached to an aromatic ring is 1. The fraction of sp³-hybridized carbons (Fsp3) is 0.375. The van der Waals surface area contributed by atoms with Gasteiger partial charge in [-0.2, -0.15) is 26.3 Å². The maximum absolute atomic E-state index is 13.3. The van der Waals surface area contributed by atoms with Gasteiger partial charge in [-0.25, -0.2) is 38.3 Å². The Balaban J connectivity index is 0.000000178. The first-order chi connectivity index (χ1) is 33.5. The second kappa shape index (κ2) is 20.9. The van der Waals surface area contributed by atoms with Crippen molar-refractivity contribution in [2.75, 3.05) is 56.8 Å². The monoisotopic (exact) mass is 996 g/mol. The van der Waals surface area contributed by atoms with Crippen LogP contribution in [-0.4, -0.2) is 94.2 Å². The highest BCUT2D eigenvalue weighted by molar-refractivity contribution is 6.05. The van der Waals surface area contributed by atoms with Crippen molar-refractivity contribution in [1.29, 1.82) is 0 Å². The number of nitrogens with one attached hydrogen (secondary N) is 1. The highest BCUT2D eigenvalue weighted by Gasteiger charge is 2.44. The molecule has 2 saturated heterocycles. The lowest BCUT2D eigenvalue weighted by Crippen LogP contribution is -2.48. The Morgan fingerprint density at radius 2 is 1.18 bits per heavy atom. The van der Waals surface area contributed by atoms with Crippen molar-refractivity contribution >= 4 is 58.3 Å². The van der Waals surface area contributed by atoms with Crippen molar-refractivity contribution in [3.05, 3.63) is 113 Å². The molecule has 3 amide bonds. The van der Waals surface area contributed by atoms with Gasteiger partial charge in [-0.3, -0.25) is 24.7 Å². The van der Waals surface area contributed by atoms with Crippen LogP contribution in [0.4, 0.5) is 79.4 Å². The van der Waals surface area contributed by atoms with E-state index in [9.17, 15) is 54.3 Å². The minimum absolute atomic E-state index is 0.0927. The molecule has 4 bridgehead atoms. The first kappa shape index (κ1) is 51.4. The summed E-state index contributed by atoms with van der Waals surface area (Å²) in [6, 6.07) is 16.3. The number of nitrogens with zero attached hydrogens (tertiary/aromatic N) is 8. The molecule has 0 aliphatic carbocycles. The number of para-hydroxylation sites is 1. The molecule has 4 atom stereocenters. The fourth-order valence-electron chi connectivity index (χ4n) is 8.25. The number of carbonyl (C=O) groups excluding carboxylic acids is 4. The van der Waals surface area contributed by atoms with E-state index in [4.69, 9.17) is 10.5 Å². The van der Waals surface area contributed by atoms with E-state index in [0.717, 1.165) is 26.2 Å². The maximum atomic E-state index is 13.3. The predicted molar refractivity (Wildman–Crippen MR) is 247 cm³/mol. The molecule has 0 radical (unpaired) electrons. The molecule has 8 heterocycles. The minimum atomic E-state index is -4.49. The Hall–Kier alpha value is -7.46. The van der Waals surface area contributed by atoms with Crippen LogP contribution < -0.4 is 35.4 Å². The van der Waals surface area contributed by atoms with Crippen LogP contribution in [0.5, 0.6) is 5.75 Å². The summed E-state index contributed by atoms with van der Waals surface area (Å²) in [6.45, 7) is 7.79. The topological polar surface area (TPSA) is 180 Å². The molecule has 4 aliphatic rings. The molecule has 23 heteroatoms. The number of anilines is 6. The molecule has 3 N–H and O–H groups in total. The quantitative estimate of drug-likeness (QED) is 0.111. The molecule has 1 aromatic carbocycles. The minimum Gasteiger partial charge on any atom is -0.410 e. The van der Waals surface area contributed by atoms with Crippen molar-refractivity contribution < 1.29 is 59.0 Å². The molecule has 4 aromatic heterocycles. The van der Waals surface area contributed by atoms with Gasteiger partial charge in [0.05, 0.1) is 47.7 Å². The summed E-state index contributed by atoms with van der Waals surface area (Å²) in [4.78, 5) is 73.9. The van der Waals surface area contributed by atoms with E-state index in [-0.39, 0.29) is 46.7 Å². The molecule has 376 valence electrons. The number of halogens is 8. The summed E-state index contributed by atoms with van der Waals surface area (Å²) in [5.41, 5.74) is 7.48. The van der Waals surface area contributed by atoms with Crippen molar-refractivity contribution in [3.8, 4) is 5.75 Å². The molecular formula is C48H48F8N10O5. The second-order valence-corrected chi connectivity index (χ2v) is 17.5. The smallest absolute Gasteiger partial charge is 0.410 e. The van der Waals surface area contributed by atoms with E-state index in [0.29, 0.717) is 73.1 Å². The van der Waals surface area contributed by atoms with Gasteiger partial charge in [0.25, 0.3) is 0 Å². The molecule has 4 aliphatic heterocycles. The Morgan fingerprint density at radius 3 is 1.66 bits per heavy atom. The maximum Gasteiger partial charge on any atom is 0.421 e. The number of Topliss-reactive ketones (excluding diaryl/α,β-unsaturated/α-hetero) is 2. The summed E-state index contributed by atoms with van der Waals surface area (Å²) in [6.07, 6.45) is -7.55. The number of fused-ring (bicyclic) bond motifs is 8. The number of nitrogens with two attached hydrogens (primary N) is 1. The van der Waals surface area contributed by atoms with E-state index >= 15 is 0 Å². The number of alkyl halides is 6. The van der Waals surface area contributed by atoms with Gasteiger partial charge in [0.1, 0.15) is 40.4 Å². The number of benzene rings is 1. The third-order valence-electron chi connectivity index (χ3n) is 12.3. The summed E-state index contributed by atoms with van der Waals surface area (Å²) >= 11 is 0. The molecule has 0 spiro atoms. The third-order valence-corrected chi connectivity index (χ3v) is 12.3. The van der Waals surface area contributed by atoms with Crippen LogP contribution in [0.15, 0.2) is 79.1 Å². The number of carbonyl (C=O) groups is 4. The average molecular weight is 997 g/mol. The number of hydrogen-bond acceptors (Lipinski definition) is 12. The van der Waals surface area contributed by atoms with Gasteiger partial charge >= 0.3 is 24.5 Å². The number of pyridine rings is 4. The summed E-state index contributed by atoms with van der Waals surface area (Å²) in [5, 5.41) is 2.65. The van der Waals surface area contributed by atoms with E-state index in [1.165, 1.54) is 34.1 Å². The predicted octanol–water partition coefficient (Wildman–Crippen LogP) is 9.89. The van der Waals surface area contributed by atoms with E-state index in [1.807, 2.05) is 9.80 Å². The standard InChI is InChI=1S/C21H21F4N5O2.C21H20F3N3O3.C6H7FN2/c1-11-7-13(22)9-26-18(11)28-20(32)30-14-5-6-29(10-14)16-4-3-15(27-19(16)30)17(31)8-12(2)21(23,24)25;1-13(21(22,23)24)11-18(28)16-7-8-17-19(25-16)27(14-9-10-26(17)12-14)20(29)30-15-5-3-2-4-6-15;1-4-2-5(7)3-9-6(4)8/h3-4,7,9,12,14H,5-6,8,10H2,1-2H3,(H,26,28,32);2-8,13-14H,9-12H2,1H3;2-3H,1H3,(H2,8,9)/t12-,14-;13-,14-;/m00./s1. The molecular weight excluding hydrogens is 949 g/mol. The number of rotatable bonds is 8. The number of aromatic nitrogens is 4. The first-order valence-electron chi connectivity index (χ1n) is 22.4. The van der Waals surface area contributed by atoms with E-state index in [1.54, 1.807) is 56.3 Å². The largest absolute Gasteiger partial charge is 0.421 e. The normalized spacial score (nSPS) is 17.4. The number of amides is 3. The third kappa shape index (κ3) is 11.9. The SMILES string of the molecule is C[C@@H](CC(=O)c1ccc2c(n1)N(C(=O)Oc1ccccc1)[C@H]1CCN2C1)C(F)(F)F.Cc1cc(F)cnc1N.Cc1cc(F)cnc1NC(=O)N1c2nc(C(=O)C[C@H](C)C(F)(F)F)ccc2N2CC[C@H]1C2. The Morgan fingerprint density at radius 1 is 0.704 bits per heavy atom. The molecule has 2 fully saturated rings. The van der Waals surface area contributed by atoms with Crippen molar-refractivity contribution in [3.63, 3.8) is 0 Å². The Bertz CT molecular complexity index is 2800. The molecule has 9 rings (SSSR count). The molecule has 0 saturated carbocycles. The second-order valence-electron chi connectivity index (χ2n) is 17.5. The number of aryl methyl sites for hydroxylation is 2. The molecule has 71 heavy (non-hydrogen) atoms. The lowest BCUT2D eigenvalue weighted by Gasteiger charge is -2.35. The van der Waals surface area contributed by atoms with E-state index in [2.05, 4.69) is 25.3 Å². The lowest BCUT2D eigenvalue weighted by molar-refractivity contribution is -0.169. The van der Waals surface area contributed by atoms with E-state index < -0.39 is 66.5 Å². The Labute approximate surface area is 402 Å². The van der Waals surface area contributed by atoms with Gasteiger partial charge in [-0.15, -0.1) is 0 Å². The Kier molecular flexibility index (Phi) is 15.1. The van der Waals surface area contributed by atoms with Gasteiger partial charge in [0.2, 0.25) is 0 Å². The lowest BCUT2D eigenvalue weighted by atomic mass is 10.0. The van der Waals surface area contributed by atoms with Gasteiger partial charge in [-0.1, -0.05) is 32.0 Å². The van der Waals surface area contributed by atoms with Crippen molar-refractivity contribution in [2.45, 2.75) is 77.8 Å². The zero-order valence-corrected chi connectivity index (χ0v) is 38.7. The van der Waals surface area contributed by atoms with Crippen LogP contribution in [0.25, 0.3) is 0 Å². The van der Waals surface area contributed by atoms with Crippen molar-refractivity contribution in [2.24, 2.45) is 11.8 Å². The van der Waals surface area contributed by atoms with Crippen LogP contribution >= 0.6 is 0 Å². The highest BCUT2D eigenvalue weighted by Crippen LogP contribution is 2.41. The summed E-state index contributed by atoms with van der Waals surface area (Å²) in [5.74, 6) is -4.53. The van der Waals surface area contributed by atoms with Crippen LogP contribution in [0.2, 0.25) is 0 Å². The average Bonchev–Trinajstić information content (AvgIpc) is 3.93. The molecule has 0 unspecified atom stereocenters. The number of ketones is 2. The highest BCUT2D eigenvalue weighted by atomic mass is 19.4. The van der Waals surface area contributed by atoms with Crippen molar-refractivity contribution in [1.82, 2.24) is 19.9 Å². The number of urea groups is 1. The zero-order chi connectivity index (χ0) is 51.5. The molecule has 15 nitrogen and oxygen atoms in total. The van der Waals surface area contributed by atoms with Gasteiger partial charge in [-0.05, 0) is 86.3 Å². The molecule has 5 aromatic rings. The van der Waals surface area contributed by atoms with Gasteiger partial charge in [0, 0.05) is 39.0 Å².